The Kier molecular flexibility index (Phi) is 10.7. The molecule has 0 fully saturated rings. The van der Waals surface area contributed by atoms with E-state index in [4.69, 9.17) is 9.47 Å². The van der Waals surface area contributed by atoms with E-state index in [2.05, 4.69) is 12.2 Å². The van der Waals surface area contributed by atoms with Crippen LogP contribution in [0.5, 0.6) is 0 Å². The Labute approximate surface area is 141 Å². The van der Waals surface area contributed by atoms with Crippen LogP contribution in [0.25, 0.3) is 0 Å². The number of alkyl carbamates (subject to hydrolysis) is 1. The molecule has 1 N–H and O–H groups in total. The van der Waals surface area contributed by atoms with Crippen LogP contribution in [-0.4, -0.2) is 31.3 Å². The molecule has 1 amide bonds. The number of carbonyl (C=O) groups is 2. The zero-order valence-corrected chi connectivity index (χ0v) is 15.7. The van der Waals surface area contributed by atoms with Gasteiger partial charge < -0.3 is 14.8 Å². The highest BCUT2D eigenvalue weighted by atomic mass is 16.6. The molecule has 5 nitrogen and oxygen atoms in total. The summed E-state index contributed by atoms with van der Waals surface area (Å²) < 4.78 is 10.5. The van der Waals surface area contributed by atoms with Crippen LogP contribution in [0.4, 0.5) is 4.79 Å². The van der Waals surface area contributed by atoms with Crippen LogP contribution in [-0.2, 0) is 14.3 Å². The Morgan fingerprint density at radius 3 is 2.22 bits per heavy atom. The summed E-state index contributed by atoms with van der Waals surface area (Å²) in [5, 5.41) is 2.64. The normalized spacial score (nSPS) is 12.8. The molecule has 0 aromatic carbocycles. The zero-order chi connectivity index (χ0) is 17.9. The first-order chi connectivity index (χ1) is 10.7. The highest BCUT2D eigenvalue weighted by Crippen LogP contribution is 2.13. The summed E-state index contributed by atoms with van der Waals surface area (Å²) in [7, 11) is 0. The van der Waals surface area contributed by atoms with E-state index < -0.39 is 12.1 Å². The number of nitrogens with one attached hydrogen (secondary N) is 1. The lowest BCUT2D eigenvalue weighted by molar-refractivity contribution is -0.146. The van der Waals surface area contributed by atoms with Gasteiger partial charge in [-0.2, -0.15) is 0 Å². The Balaban J connectivity index is 4.33. The standard InChI is InChI=1S/C18H35NO4/c1-7-8-9-10-11-22-16(20)15(12-14(2)3)19-17(21)23-13-18(4,5)6/h14-15H,7-13H2,1-6H3,(H,19,21). The lowest BCUT2D eigenvalue weighted by Gasteiger charge is -2.22. The van der Waals surface area contributed by atoms with Gasteiger partial charge in [0.15, 0.2) is 0 Å². The SMILES string of the molecule is CCCCCCOC(=O)C(CC(C)C)NC(=O)OCC(C)(C)C. The van der Waals surface area contributed by atoms with E-state index in [0.29, 0.717) is 19.6 Å². The second-order valence-corrected chi connectivity index (χ2v) is 7.69. The van der Waals surface area contributed by atoms with Gasteiger partial charge in [-0.3, -0.25) is 0 Å². The van der Waals surface area contributed by atoms with Crippen LogP contribution in [0, 0.1) is 11.3 Å². The van der Waals surface area contributed by atoms with Crippen molar-refractivity contribution in [3.63, 3.8) is 0 Å². The van der Waals surface area contributed by atoms with Crippen molar-refractivity contribution in [3.8, 4) is 0 Å². The summed E-state index contributed by atoms with van der Waals surface area (Å²) in [6.45, 7) is 12.8. The third-order valence-electron chi connectivity index (χ3n) is 3.16. The van der Waals surface area contributed by atoms with E-state index in [1.165, 1.54) is 0 Å². The van der Waals surface area contributed by atoms with Gasteiger partial charge in [-0.05, 0) is 24.2 Å². The maximum Gasteiger partial charge on any atom is 0.407 e. The fourth-order valence-corrected chi connectivity index (χ4v) is 1.95. The minimum absolute atomic E-state index is 0.106. The molecule has 0 aromatic heterocycles. The Bertz CT molecular complexity index is 347. The quantitative estimate of drug-likeness (QED) is 0.479. The number of amides is 1. The average Bonchev–Trinajstić information content (AvgIpc) is 2.43. The molecule has 136 valence electrons. The van der Waals surface area contributed by atoms with Crippen molar-refractivity contribution >= 4 is 12.1 Å². The summed E-state index contributed by atoms with van der Waals surface area (Å²) in [6, 6.07) is -0.645. The van der Waals surface area contributed by atoms with Gasteiger partial charge >= 0.3 is 12.1 Å². The van der Waals surface area contributed by atoms with Crippen LogP contribution in [0.15, 0.2) is 0 Å². The molecular formula is C18H35NO4. The number of hydrogen-bond donors (Lipinski definition) is 1. The molecule has 0 aliphatic carbocycles. The molecule has 0 rings (SSSR count). The van der Waals surface area contributed by atoms with E-state index in [1.807, 2.05) is 34.6 Å². The zero-order valence-electron chi connectivity index (χ0n) is 15.7. The molecule has 5 heteroatoms. The van der Waals surface area contributed by atoms with Crippen molar-refractivity contribution in [2.45, 2.75) is 79.7 Å². The molecule has 1 atom stereocenters. The monoisotopic (exact) mass is 329 g/mol. The van der Waals surface area contributed by atoms with Crippen molar-refractivity contribution in [3.05, 3.63) is 0 Å². The topological polar surface area (TPSA) is 64.6 Å². The molecule has 0 bridgehead atoms. The number of esters is 1. The first-order valence-electron chi connectivity index (χ1n) is 8.75. The van der Waals surface area contributed by atoms with Crippen molar-refractivity contribution in [2.75, 3.05) is 13.2 Å². The van der Waals surface area contributed by atoms with Gasteiger partial charge in [0.05, 0.1) is 13.2 Å². The van der Waals surface area contributed by atoms with Gasteiger partial charge in [0, 0.05) is 0 Å². The highest BCUT2D eigenvalue weighted by Gasteiger charge is 2.24. The number of rotatable bonds is 10. The third-order valence-corrected chi connectivity index (χ3v) is 3.16. The molecule has 0 spiro atoms. The summed E-state index contributed by atoms with van der Waals surface area (Å²) in [5.74, 6) is -0.0986. The number of hydrogen-bond acceptors (Lipinski definition) is 4. The maximum atomic E-state index is 12.2. The van der Waals surface area contributed by atoms with Crippen molar-refractivity contribution in [1.82, 2.24) is 5.32 Å². The summed E-state index contributed by atoms with van der Waals surface area (Å²) in [4.78, 5) is 24.0. The first kappa shape index (κ1) is 21.7. The second kappa shape index (κ2) is 11.3. The maximum absolute atomic E-state index is 12.2. The van der Waals surface area contributed by atoms with Gasteiger partial charge in [0.1, 0.15) is 6.04 Å². The van der Waals surface area contributed by atoms with Crippen LogP contribution in [0.1, 0.15) is 73.6 Å². The molecule has 0 radical (unpaired) electrons. The molecular weight excluding hydrogens is 294 g/mol. The number of ether oxygens (including phenoxy) is 2. The van der Waals surface area contributed by atoms with E-state index in [0.717, 1.165) is 25.7 Å². The molecule has 0 aliphatic rings. The molecule has 0 saturated heterocycles. The van der Waals surface area contributed by atoms with Gasteiger partial charge in [0.25, 0.3) is 0 Å². The summed E-state index contributed by atoms with van der Waals surface area (Å²) in [6.07, 6.45) is 4.18. The molecule has 23 heavy (non-hydrogen) atoms. The number of carbonyl (C=O) groups excluding carboxylic acids is 2. The van der Waals surface area contributed by atoms with Crippen molar-refractivity contribution in [2.24, 2.45) is 11.3 Å². The van der Waals surface area contributed by atoms with Gasteiger partial charge in [0.2, 0.25) is 0 Å². The third kappa shape index (κ3) is 12.9. The van der Waals surface area contributed by atoms with Crippen LogP contribution in [0.3, 0.4) is 0 Å². The summed E-state index contributed by atoms with van der Waals surface area (Å²) >= 11 is 0. The predicted molar refractivity (Wildman–Crippen MR) is 92.3 cm³/mol. The Morgan fingerprint density at radius 1 is 1.04 bits per heavy atom. The van der Waals surface area contributed by atoms with Gasteiger partial charge in [-0.15, -0.1) is 0 Å². The molecule has 0 aromatic rings. The second-order valence-electron chi connectivity index (χ2n) is 7.69. The molecule has 0 aliphatic heterocycles. The fourth-order valence-electron chi connectivity index (χ4n) is 1.95. The van der Waals surface area contributed by atoms with Crippen LogP contribution < -0.4 is 5.32 Å². The molecule has 0 saturated carbocycles. The minimum Gasteiger partial charge on any atom is -0.464 e. The van der Waals surface area contributed by atoms with Crippen molar-refractivity contribution in [1.29, 1.82) is 0 Å². The predicted octanol–water partition coefficient (Wildman–Crippen LogP) is 4.30. The van der Waals surface area contributed by atoms with E-state index in [1.54, 1.807) is 0 Å². The van der Waals surface area contributed by atoms with Gasteiger partial charge in [-0.1, -0.05) is 60.8 Å². The average molecular weight is 329 g/mol. The van der Waals surface area contributed by atoms with Gasteiger partial charge in [-0.25, -0.2) is 9.59 Å². The summed E-state index contributed by atoms with van der Waals surface area (Å²) in [5.41, 5.74) is -0.106. The Hall–Kier alpha value is -1.26. The van der Waals surface area contributed by atoms with E-state index in [9.17, 15) is 9.59 Å². The van der Waals surface area contributed by atoms with Crippen LogP contribution >= 0.6 is 0 Å². The smallest absolute Gasteiger partial charge is 0.407 e. The lowest BCUT2D eigenvalue weighted by Crippen LogP contribution is -2.43. The number of unbranched alkanes of at least 4 members (excludes halogenated alkanes) is 3. The Morgan fingerprint density at radius 2 is 1.70 bits per heavy atom. The van der Waals surface area contributed by atoms with Crippen molar-refractivity contribution < 1.29 is 19.1 Å². The molecule has 0 heterocycles. The van der Waals surface area contributed by atoms with E-state index >= 15 is 0 Å². The fraction of sp³-hybridized carbons (Fsp3) is 0.889. The molecule has 1 unspecified atom stereocenters. The highest BCUT2D eigenvalue weighted by molar-refractivity contribution is 5.81. The first-order valence-corrected chi connectivity index (χ1v) is 8.75. The van der Waals surface area contributed by atoms with E-state index in [-0.39, 0.29) is 17.3 Å². The van der Waals surface area contributed by atoms with Crippen LogP contribution in [0.2, 0.25) is 0 Å². The lowest BCUT2D eigenvalue weighted by atomic mass is 9.99. The minimum atomic E-state index is -0.645. The largest absolute Gasteiger partial charge is 0.464 e.